The molecular formula is C29H36ClN3O5S. The van der Waals surface area contributed by atoms with Crippen LogP contribution in [0.4, 0.5) is 10.5 Å². The van der Waals surface area contributed by atoms with Gasteiger partial charge in [-0.25, -0.2) is 4.79 Å². The van der Waals surface area contributed by atoms with Crippen molar-refractivity contribution in [2.45, 2.75) is 26.3 Å². The molecule has 0 aliphatic rings. The van der Waals surface area contributed by atoms with E-state index in [0.29, 0.717) is 61.3 Å². The third-order valence-electron chi connectivity index (χ3n) is 6.24. The van der Waals surface area contributed by atoms with Crippen molar-refractivity contribution >= 4 is 40.6 Å². The first-order valence-corrected chi connectivity index (χ1v) is 13.9. The minimum Gasteiger partial charge on any atom is -0.493 e. The summed E-state index contributed by atoms with van der Waals surface area (Å²) in [6.45, 7) is 3.77. The molecular weight excluding hydrogens is 538 g/mol. The maximum Gasteiger partial charge on any atom is 0.322 e. The van der Waals surface area contributed by atoms with Crippen LogP contribution in [0.15, 0.2) is 53.9 Å². The number of methoxy groups -OCH3 is 3. The molecule has 1 N–H and O–H groups in total. The Bertz CT molecular complexity index is 1240. The molecule has 0 saturated carbocycles. The SMILES string of the molecule is COCCCN(CC(=O)N(CCc1ccc(OC)c(OC)c1)Cc1sccc1C)C(=O)Nc1cccc(Cl)c1. The first kappa shape index (κ1) is 30.3. The number of thiophene rings is 1. The summed E-state index contributed by atoms with van der Waals surface area (Å²) in [6.07, 6.45) is 1.22. The van der Waals surface area contributed by atoms with Crippen LogP contribution in [0.25, 0.3) is 0 Å². The highest BCUT2D eigenvalue weighted by Crippen LogP contribution is 2.28. The highest BCUT2D eigenvalue weighted by Gasteiger charge is 2.23. The molecule has 3 rings (SSSR count). The first-order valence-electron chi connectivity index (χ1n) is 12.7. The molecule has 3 amide bonds. The standard InChI is InChI=1S/C29H36ClN3O5S/c1-21-12-16-39-27(21)19-32(14-11-22-9-10-25(37-3)26(17-22)38-4)28(34)20-33(13-6-15-36-2)29(35)31-24-8-5-7-23(30)18-24/h5,7-10,12,16-18H,6,11,13-15,19-20H2,1-4H3,(H,31,35). The number of carbonyl (C=O) groups excluding carboxylic acids is 2. The number of halogens is 1. The number of benzene rings is 2. The van der Waals surface area contributed by atoms with E-state index in [9.17, 15) is 9.59 Å². The maximum absolute atomic E-state index is 13.7. The lowest BCUT2D eigenvalue weighted by Gasteiger charge is -2.28. The van der Waals surface area contributed by atoms with Gasteiger partial charge in [-0.1, -0.05) is 23.7 Å². The van der Waals surface area contributed by atoms with Gasteiger partial charge in [0.15, 0.2) is 11.5 Å². The molecule has 1 heterocycles. The Morgan fingerprint density at radius 2 is 1.77 bits per heavy atom. The summed E-state index contributed by atoms with van der Waals surface area (Å²) in [7, 11) is 4.81. The number of carbonyl (C=O) groups is 2. The van der Waals surface area contributed by atoms with Crippen LogP contribution in [0.2, 0.25) is 5.02 Å². The molecule has 0 bridgehead atoms. The van der Waals surface area contributed by atoms with Gasteiger partial charge in [0.1, 0.15) is 6.54 Å². The normalized spacial score (nSPS) is 10.7. The molecule has 3 aromatic rings. The molecule has 39 heavy (non-hydrogen) atoms. The number of aryl methyl sites for hydroxylation is 1. The van der Waals surface area contributed by atoms with Gasteiger partial charge >= 0.3 is 6.03 Å². The molecule has 0 spiro atoms. The van der Waals surface area contributed by atoms with Crippen molar-refractivity contribution in [1.82, 2.24) is 9.80 Å². The van der Waals surface area contributed by atoms with Gasteiger partial charge in [-0.05, 0) is 72.7 Å². The number of nitrogens with one attached hydrogen (secondary N) is 1. The number of ether oxygens (including phenoxy) is 3. The van der Waals surface area contributed by atoms with E-state index in [-0.39, 0.29) is 18.5 Å². The fourth-order valence-corrected chi connectivity index (χ4v) is 5.13. The van der Waals surface area contributed by atoms with Crippen molar-refractivity contribution in [2.24, 2.45) is 0 Å². The minimum absolute atomic E-state index is 0.0630. The van der Waals surface area contributed by atoms with Crippen LogP contribution < -0.4 is 14.8 Å². The van der Waals surface area contributed by atoms with Gasteiger partial charge in [-0.3, -0.25) is 4.79 Å². The van der Waals surface area contributed by atoms with E-state index >= 15 is 0 Å². The summed E-state index contributed by atoms with van der Waals surface area (Å²) < 4.78 is 16.0. The summed E-state index contributed by atoms with van der Waals surface area (Å²) in [6, 6.07) is 14.4. The number of hydrogen-bond acceptors (Lipinski definition) is 6. The monoisotopic (exact) mass is 573 g/mol. The molecule has 10 heteroatoms. The second-order valence-electron chi connectivity index (χ2n) is 8.99. The highest BCUT2D eigenvalue weighted by atomic mass is 35.5. The van der Waals surface area contributed by atoms with Crippen molar-refractivity contribution in [3.63, 3.8) is 0 Å². The summed E-state index contributed by atoms with van der Waals surface area (Å²) >= 11 is 7.70. The number of rotatable bonds is 14. The van der Waals surface area contributed by atoms with Gasteiger partial charge in [0.05, 0.1) is 20.8 Å². The van der Waals surface area contributed by atoms with E-state index in [2.05, 4.69) is 5.32 Å². The lowest BCUT2D eigenvalue weighted by atomic mass is 10.1. The number of anilines is 1. The molecule has 1 aromatic heterocycles. The van der Waals surface area contributed by atoms with Gasteiger partial charge in [0.25, 0.3) is 0 Å². The average molecular weight is 574 g/mol. The number of nitrogens with zero attached hydrogens (tertiary/aromatic N) is 2. The molecule has 0 aliphatic heterocycles. The summed E-state index contributed by atoms with van der Waals surface area (Å²) in [5.74, 6) is 1.16. The summed E-state index contributed by atoms with van der Waals surface area (Å²) in [5, 5.41) is 5.40. The van der Waals surface area contributed by atoms with Crippen LogP contribution >= 0.6 is 22.9 Å². The average Bonchev–Trinajstić information content (AvgIpc) is 3.34. The Morgan fingerprint density at radius 3 is 2.44 bits per heavy atom. The number of hydrogen-bond donors (Lipinski definition) is 1. The van der Waals surface area contributed by atoms with Crippen molar-refractivity contribution in [3.05, 3.63) is 74.9 Å². The van der Waals surface area contributed by atoms with Crippen molar-refractivity contribution in [3.8, 4) is 11.5 Å². The zero-order valence-electron chi connectivity index (χ0n) is 22.9. The van der Waals surface area contributed by atoms with Crippen LogP contribution in [0.3, 0.4) is 0 Å². The van der Waals surface area contributed by atoms with E-state index in [1.807, 2.05) is 41.5 Å². The number of amides is 3. The third kappa shape index (κ3) is 9.16. The van der Waals surface area contributed by atoms with Crippen LogP contribution in [0.1, 0.15) is 22.4 Å². The molecule has 0 aliphatic carbocycles. The smallest absolute Gasteiger partial charge is 0.322 e. The van der Waals surface area contributed by atoms with Crippen molar-refractivity contribution < 1.29 is 23.8 Å². The van der Waals surface area contributed by atoms with Gasteiger partial charge in [0.2, 0.25) is 5.91 Å². The van der Waals surface area contributed by atoms with Crippen LogP contribution in [0, 0.1) is 6.92 Å². The van der Waals surface area contributed by atoms with Crippen LogP contribution in [-0.4, -0.2) is 69.3 Å². The van der Waals surface area contributed by atoms with E-state index in [0.717, 1.165) is 16.0 Å². The Labute approximate surface area is 239 Å². The van der Waals surface area contributed by atoms with E-state index in [1.54, 1.807) is 56.9 Å². The maximum atomic E-state index is 13.7. The van der Waals surface area contributed by atoms with Gasteiger partial charge in [-0.15, -0.1) is 11.3 Å². The highest BCUT2D eigenvalue weighted by molar-refractivity contribution is 7.10. The van der Waals surface area contributed by atoms with E-state index < -0.39 is 0 Å². The zero-order valence-corrected chi connectivity index (χ0v) is 24.4. The number of urea groups is 1. The van der Waals surface area contributed by atoms with Crippen LogP contribution in [-0.2, 0) is 22.5 Å². The molecule has 8 nitrogen and oxygen atoms in total. The minimum atomic E-state index is -0.367. The molecule has 0 fully saturated rings. The zero-order chi connectivity index (χ0) is 28.2. The predicted octanol–water partition coefficient (Wildman–Crippen LogP) is 5.87. The summed E-state index contributed by atoms with van der Waals surface area (Å²) in [4.78, 5) is 31.3. The Kier molecular flexibility index (Phi) is 11.9. The molecule has 0 unspecified atom stereocenters. The fraction of sp³-hybridized carbons (Fsp3) is 0.379. The van der Waals surface area contributed by atoms with E-state index in [1.165, 1.54) is 4.90 Å². The van der Waals surface area contributed by atoms with E-state index in [4.69, 9.17) is 25.8 Å². The molecule has 0 atom stereocenters. The molecule has 210 valence electrons. The topological polar surface area (TPSA) is 80.3 Å². The second kappa shape index (κ2) is 15.4. The quantitative estimate of drug-likeness (QED) is 0.244. The Morgan fingerprint density at radius 1 is 0.974 bits per heavy atom. The van der Waals surface area contributed by atoms with Crippen molar-refractivity contribution in [2.75, 3.05) is 52.9 Å². The van der Waals surface area contributed by atoms with Gasteiger partial charge in [-0.2, -0.15) is 0 Å². The third-order valence-corrected chi connectivity index (χ3v) is 7.48. The van der Waals surface area contributed by atoms with Gasteiger partial charge in [0, 0.05) is 42.4 Å². The van der Waals surface area contributed by atoms with Crippen molar-refractivity contribution in [1.29, 1.82) is 0 Å². The van der Waals surface area contributed by atoms with Gasteiger partial charge < -0.3 is 29.3 Å². The lowest BCUT2D eigenvalue weighted by Crippen LogP contribution is -2.45. The summed E-state index contributed by atoms with van der Waals surface area (Å²) in [5.41, 5.74) is 2.72. The van der Waals surface area contributed by atoms with Crippen LogP contribution in [0.5, 0.6) is 11.5 Å². The lowest BCUT2D eigenvalue weighted by molar-refractivity contribution is -0.132. The molecule has 2 aromatic carbocycles. The largest absolute Gasteiger partial charge is 0.493 e. The first-order chi connectivity index (χ1) is 18.8. The predicted molar refractivity (Wildman–Crippen MR) is 156 cm³/mol. The molecule has 0 radical (unpaired) electrons. The molecule has 0 saturated heterocycles. The Balaban J connectivity index is 1.77. The second-order valence-corrected chi connectivity index (χ2v) is 10.4. The Hall–Kier alpha value is -3.27. The fourth-order valence-electron chi connectivity index (χ4n) is 4.02.